The first-order valence-electron chi connectivity index (χ1n) is 5.74. The van der Waals surface area contributed by atoms with Crippen LogP contribution >= 0.6 is 62.1 Å². The van der Waals surface area contributed by atoms with Crippen molar-refractivity contribution in [3.8, 4) is 11.5 Å². The van der Waals surface area contributed by atoms with Gasteiger partial charge in [0.25, 0.3) is 0 Å². The number of halogens is 4. The molecule has 1 aromatic heterocycles. The smallest absolute Gasteiger partial charge is 0.162 e. The van der Waals surface area contributed by atoms with Gasteiger partial charge in [-0.25, -0.2) is 0 Å². The van der Waals surface area contributed by atoms with E-state index in [-0.39, 0.29) is 0 Å². The second kappa shape index (κ2) is 5.93. The molecule has 0 aliphatic carbocycles. The lowest BCUT2D eigenvalue weighted by Gasteiger charge is -2.21. The molecule has 1 aliphatic rings. The molecule has 1 aliphatic heterocycles. The van der Waals surface area contributed by atoms with E-state index in [0.717, 1.165) is 15.6 Å². The maximum absolute atomic E-state index is 6.54. The van der Waals surface area contributed by atoms with E-state index in [9.17, 15) is 0 Å². The zero-order valence-electron chi connectivity index (χ0n) is 9.96. The van der Waals surface area contributed by atoms with Gasteiger partial charge in [0.2, 0.25) is 0 Å². The summed E-state index contributed by atoms with van der Waals surface area (Å²) in [6.07, 6.45) is 0. The Balaban J connectivity index is 2.03. The summed E-state index contributed by atoms with van der Waals surface area (Å²) in [6.45, 7) is 1.08. The predicted molar refractivity (Wildman–Crippen MR) is 87.2 cm³/mol. The first-order valence-corrected chi connectivity index (χ1v) is 8.54. The van der Waals surface area contributed by atoms with Crippen molar-refractivity contribution in [2.75, 3.05) is 13.2 Å². The standard InChI is InChI=1S/C13H8BrCl3O2S/c14-8-5-10-9(18-1-2-19-10)3-6(8)12(16)7-4-11(15)20-13(7)17/h3-5,12H,1-2H2. The fourth-order valence-corrected chi connectivity index (χ4v) is 4.66. The van der Waals surface area contributed by atoms with E-state index in [0.29, 0.717) is 33.4 Å². The molecule has 2 nitrogen and oxygen atoms in total. The monoisotopic (exact) mass is 412 g/mol. The van der Waals surface area contributed by atoms with E-state index in [1.165, 1.54) is 11.3 Å². The number of hydrogen-bond donors (Lipinski definition) is 0. The van der Waals surface area contributed by atoms with Crippen molar-refractivity contribution in [2.24, 2.45) is 0 Å². The van der Waals surface area contributed by atoms with Gasteiger partial charge in [0.05, 0.1) is 14.0 Å². The number of alkyl halides is 1. The quantitative estimate of drug-likeness (QED) is 0.568. The second-order valence-electron chi connectivity index (χ2n) is 4.16. The van der Waals surface area contributed by atoms with Gasteiger partial charge in [0.1, 0.15) is 13.2 Å². The maximum Gasteiger partial charge on any atom is 0.162 e. The maximum atomic E-state index is 6.54. The van der Waals surface area contributed by atoms with E-state index >= 15 is 0 Å². The lowest BCUT2D eigenvalue weighted by Crippen LogP contribution is -2.15. The number of ether oxygens (including phenoxy) is 2. The van der Waals surface area contributed by atoms with Crippen molar-refractivity contribution < 1.29 is 9.47 Å². The van der Waals surface area contributed by atoms with E-state index in [4.69, 9.17) is 44.3 Å². The molecule has 1 atom stereocenters. The third kappa shape index (κ3) is 2.77. The van der Waals surface area contributed by atoms with E-state index in [2.05, 4.69) is 15.9 Å². The SMILES string of the molecule is Clc1cc(C(Cl)c2cc3c(cc2Br)OCCO3)c(Cl)s1. The molecule has 0 fully saturated rings. The van der Waals surface area contributed by atoms with Crippen LogP contribution in [0.25, 0.3) is 0 Å². The molecule has 1 aromatic carbocycles. The predicted octanol–water partition coefficient (Wildman–Crippen LogP) is 5.92. The highest BCUT2D eigenvalue weighted by atomic mass is 79.9. The molecule has 0 bridgehead atoms. The van der Waals surface area contributed by atoms with Crippen LogP contribution in [0.3, 0.4) is 0 Å². The Morgan fingerprint density at radius 1 is 1.05 bits per heavy atom. The summed E-state index contributed by atoms with van der Waals surface area (Å²) in [5, 5.41) is -0.406. The number of rotatable bonds is 2. The van der Waals surface area contributed by atoms with Crippen molar-refractivity contribution in [1.29, 1.82) is 0 Å². The van der Waals surface area contributed by atoms with E-state index < -0.39 is 5.38 Å². The Bertz CT molecular complexity index is 659. The van der Waals surface area contributed by atoms with Crippen molar-refractivity contribution >= 4 is 62.1 Å². The molecule has 0 spiro atoms. The van der Waals surface area contributed by atoms with E-state index in [1.54, 1.807) is 6.07 Å². The molecule has 0 saturated carbocycles. The first kappa shape index (κ1) is 14.8. The summed E-state index contributed by atoms with van der Waals surface area (Å²) >= 11 is 23.5. The molecule has 0 amide bonds. The number of thiophene rings is 1. The van der Waals surface area contributed by atoms with Gasteiger partial charge in [0.15, 0.2) is 11.5 Å². The van der Waals surface area contributed by atoms with Crippen LogP contribution in [0.2, 0.25) is 8.67 Å². The van der Waals surface area contributed by atoms with Crippen molar-refractivity contribution in [3.63, 3.8) is 0 Å². The van der Waals surface area contributed by atoms with Gasteiger partial charge in [-0.2, -0.15) is 0 Å². The minimum absolute atomic E-state index is 0.406. The number of benzene rings is 1. The zero-order valence-corrected chi connectivity index (χ0v) is 14.6. The van der Waals surface area contributed by atoms with E-state index in [1.807, 2.05) is 12.1 Å². The lowest BCUT2D eigenvalue weighted by atomic mass is 10.1. The van der Waals surface area contributed by atoms with Crippen LogP contribution in [0, 0.1) is 0 Å². The summed E-state index contributed by atoms with van der Waals surface area (Å²) < 4.78 is 13.2. The lowest BCUT2D eigenvalue weighted by molar-refractivity contribution is 0.171. The molecule has 1 unspecified atom stereocenters. The molecular formula is C13H8BrCl3O2S. The third-order valence-corrected chi connectivity index (χ3v) is 5.57. The van der Waals surface area contributed by atoms with Gasteiger partial charge in [-0.15, -0.1) is 22.9 Å². The summed E-state index contributed by atoms with van der Waals surface area (Å²) in [5.74, 6) is 1.41. The third-order valence-electron chi connectivity index (χ3n) is 2.89. The van der Waals surface area contributed by atoms with Crippen LogP contribution in [0.1, 0.15) is 16.5 Å². The minimum Gasteiger partial charge on any atom is -0.486 e. The molecule has 0 radical (unpaired) electrons. The summed E-state index contributed by atoms with van der Waals surface area (Å²) in [4.78, 5) is 0. The van der Waals surface area contributed by atoms with Crippen LogP contribution in [0.4, 0.5) is 0 Å². The van der Waals surface area contributed by atoms with Crippen LogP contribution in [-0.4, -0.2) is 13.2 Å². The largest absolute Gasteiger partial charge is 0.486 e. The van der Waals surface area contributed by atoms with Gasteiger partial charge in [0, 0.05) is 10.0 Å². The van der Waals surface area contributed by atoms with Gasteiger partial charge in [-0.1, -0.05) is 39.1 Å². The molecule has 20 heavy (non-hydrogen) atoms. The summed E-state index contributed by atoms with van der Waals surface area (Å²) in [5.41, 5.74) is 1.66. The molecule has 106 valence electrons. The number of hydrogen-bond acceptors (Lipinski definition) is 3. The molecule has 7 heteroatoms. The van der Waals surface area contributed by atoms with Crippen LogP contribution in [-0.2, 0) is 0 Å². The first-order chi connectivity index (χ1) is 9.56. The van der Waals surface area contributed by atoms with Gasteiger partial charge < -0.3 is 9.47 Å². The fourth-order valence-electron chi connectivity index (χ4n) is 1.97. The molecule has 2 heterocycles. The Morgan fingerprint density at radius 2 is 1.70 bits per heavy atom. The molecule has 2 aromatic rings. The Kier molecular flexibility index (Phi) is 4.39. The Morgan fingerprint density at radius 3 is 2.30 bits per heavy atom. The normalized spacial score (nSPS) is 15.2. The van der Waals surface area contributed by atoms with Crippen molar-refractivity contribution in [1.82, 2.24) is 0 Å². The average Bonchev–Trinajstić information content (AvgIpc) is 2.76. The molecule has 3 rings (SSSR count). The molecule has 0 N–H and O–H groups in total. The Hall–Kier alpha value is -0.130. The summed E-state index contributed by atoms with van der Waals surface area (Å²) in [6, 6.07) is 5.52. The zero-order chi connectivity index (χ0) is 14.3. The highest BCUT2D eigenvalue weighted by molar-refractivity contribution is 9.10. The van der Waals surface area contributed by atoms with Gasteiger partial charge in [-0.3, -0.25) is 0 Å². The van der Waals surface area contributed by atoms with Crippen LogP contribution in [0.5, 0.6) is 11.5 Å². The van der Waals surface area contributed by atoms with Crippen molar-refractivity contribution in [3.05, 3.63) is 42.5 Å². The summed E-state index contributed by atoms with van der Waals surface area (Å²) in [7, 11) is 0. The molecule has 0 saturated heterocycles. The Labute approximate surface area is 143 Å². The highest BCUT2D eigenvalue weighted by Crippen LogP contribution is 2.45. The fraction of sp³-hybridized carbons (Fsp3) is 0.231. The minimum atomic E-state index is -0.406. The average molecular weight is 415 g/mol. The van der Waals surface area contributed by atoms with Gasteiger partial charge in [-0.05, 0) is 23.8 Å². The van der Waals surface area contributed by atoms with Crippen LogP contribution < -0.4 is 9.47 Å². The highest BCUT2D eigenvalue weighted by Gasteiger charge is 2.23. The van der Waals surface area contributed by atoms with Gasteiger partial charge >= 0.3 is 0 Å². The van der Waals surface area contributed by atoms with Crippen molar-refractivity contribution in [2.45, 2.75) is 5.38 Å². The molecular weight excluding hydrogens is 406 g/mol. The topological polar surface area (TPSA) is 18.5 Å². The number of fused-ring (bicyclic) bond motifs is 1. The second-order valence-corrected chi connectivity index (χ2v) is 7.74. The van der Waals surface area contributed by atoms with Crippen LogP contribution in [0.15, 0.2) is 22.7 Å².